The van der Waals surface area contributed by atoms with E-state index in [1.165, 1.54) is 0 Å². The molecule has 0 bridgehead atoms. The molecule has 2 aromatic rings. The zero-order chi connectivity index (χ0) is 15.9. The maximum Gasteiger partial charge on any atom is 0.251 e. The summed E-state index contributed by atoms with van der Waals surface area (Å²) >= 11 is 0. The van der Waals surface area contributed by atoms with Crippen molar-refractivity contribution in [3.05, 3.63) is 70.8 Å². The number of hydrogen-bond donors (Lipinski definition) is 2. The van der Waals surface area contributed by atoms with E-state index in [1.54, 1.807) is 19.2 Å². The van der Waals surface area contributed by atoms with Gasteiger partial charge in [0.05, 0.1) is 12.7 Å². The lowest BCUT2D eigenvalue weighted by molar-refractivity contribution is 0.0916. The number of carbonyl (C=O) groups is 1. The highest BCUT2D eigenvalue weighted by molar-refractivity contribution is 5.94. The normalized spacial score (nSPS) is 12.0. The second kappa shape index (κ2) is 7.73. The van der Waals surface area contributed by atoms with Crippen LogP contribution in [-0.4, -0.2) is 24.7 Å². The van der Waals surface area contributed by atoms with Gasteiger partial charge in [-0.2, -0.15) is 0 Å². The Balaban J connectivity index is 1.93. The van der Waals surface area contributed by atoms with Crippen LogP contribution < -0.4 is 5.32 Å². The van der Waals surface area contributed by atoms with Crippen molar-refractivity contribution >= 4 is 5.91 Å². The quantitative estimate of drug-likeness (QED) is 0.862. The molecule has 2 aromatic carbocycles. The van der Waals surface area contributed by atoms with Gasteiger partial charge < -0.3 is 15.2 Å². The lowest BCUT2D eigenvalue weighted by atomic mass is 10.0. The number of amides is 1. The van der Waals surface area contributed by atoms with Gasteiger partial charge in [0.2, 0.25) is 0 Å². The van der Waals surface area contributed by atoms with E-state index in [0.29, 0.717) is 12.2 Å². The molecule has 0 saturated heterocycles. The smallest absolute Gasteiger partial charge is 0.251 e. The number of aliphatic hydroxyl groups is 1. The molecule has 22 heavy (non-hydrogen) atoms. The van der Waals surface area contributed by atoms with Crippen LogP contribution in [0, 0.1) is 6.92 Å². The maximum atomic E-state index is 12.1. The number of benzene rings is 2. The van der Waals surface area contributed by atoms with E-state index < -0.39 is 6.10 Å². The van der Waals surface area contributed by atoms with E-state index in [9.17, 15) is 9.90 Å². The van der Waals surface area contributed by atoms with Crippen molar-refractivity contribution in [3.8, 4) is 0 Å². The summed E-state index contributed by atoms with van der Waals surface area (Å²) in [6.45, 7) is 2.65. The first-order valence-electron chi connectivity index (χ1n) is 7.21. The zero-order valence-corrected chi connectivity index (χ0v) is 12.9. The van der Waals surface area contributed by atoms with Crippen molar-refractivity contribution < 1.29 is 14.6 Å². The minimum atomic E-state index is -0.710. The number of ether oxygens (including phenoxy) is 1. The van der Waals surface area contributed by atoms with Crippen LogP contribution in [0.2, 0.25) is 0 Å². The minimum Gasteiger partial charge on any atom is -0.387 e. The second-order valence-electron chi connectivity index (χ2n) is 5.21. The average Bonchev–Trinajstić information content (AvgIpc) is 2.54. The summed E-state index contributed by atoms with van der Waals surface area (Å²) in [5, 5.41) is 12.9. The number of rotatable bonds is 6. The Morgan fingerprint density at radius 3 is 2.50 bits per heavy atom. The molecule has 2 N–H and O–H groups in total. The second-order valence-corrected chi connectivity index (χ2v) is 5.21. The number of nitrogens with one attached hydrogen (secondary N) is 1. The Morgan fingerprint density at radius 2 is 1.86 bits per heavy atom. The van der Waals surface area contributed by atoms with Crippen LogP contribution in [0.25, 0.3) is 0 Å². The first-order chi connectivity index (χ1) is 10.6. The van der Waals surface area contributed by atoms with Gasteiger partial charge >= 0.3 is 0 Å². The molecule has 0 aromatic heterocycles. The molecule has 4 nitrogen and oxygen atoms in total. The van der Waals surface area contributed by atoms with Gasteiger partial charge in [-0.05, 0) is 35.7 Å². The van der Waals surface area contributed by atoms with E-state index in [0.717, 1.165) is 16.7 Å². The lowest BCUT2D eigenvalue weighted by Gasteiger charge is -2.14. The standard InChI is InChI=1S/C18H21NO3/c1-13-5-3-4-6-16(13)17(20)11-19-18(21)15-9-7-14(8-10-15)12-22-2/h3-10,17,20H,11-12H2,1-2H3,(H,19,21). The molecule has 0 aliphatic heterocycles. The van der Waals surface area contributed by atoms with Gasteiger partial charge in [-0.15, -0.1) is 0 Å². The van der Waals surface area contributed by atoms with Crippen molar-refractivity contribution in [2.45, 2.75) is 19.6 Å². The Morgan fingerprint density at radius 1 is 1.18 bits per heavy atom. The molecule has 1 amide bonds. The monoisotopic (exact) mass is 299 g/mol. The SMILES string of the molecule is COCc1ccc(C(=O)NCC(O)c2ccccc2C)cc1. The molecule has 0 aliphatic carbocycles. The van der Waals surface area contributed by atoms with Crippen LogP contribution in [0.4, 0.5) is 0 Å². The lowest BCUT2D eigenvalue weighted by Crippen LogP contribution is -2.28. The molecular weight excluding hydrogens is 278 g/mol. The van der Waals surface area contributed by atoms with Gasteiger partial charge in [0, 0.05) is 19.2 Å². The molecular formula is C18H21NO3. The highest BCUT2D eigenvalue weighted by Crippen LogP contribution is 2.16. The van der Waals surface area contributed by atoms with E-state index in [4.69, 9.17) is 4.74 Å². The Labute approximate surface area is 130 Å². The average molecular weight is 299 g/mol. The molecule has 116 valence electrons. The third-order valence-electron chi connectivity index (χ3n) is 3.53. The summed E-state index contributed by atoms with van der Waals surface area (Å²) in [7, 11) is 1.63. The molecule has 0 fully saturated rings. The fourth-order valence-corrected chi connectivity index (χ4v) is 2.28. The molecule has 0 heterocycles. The summed E-state index contributed by atoms with van der Waals surface area (Å²) in [6.07, 6.45) is -0.710. The predicted molar refractivity (Wildman–Crippen MR) is 85.6 cm³/mol. The van der Waals surface area contributed by atoms with Crippen molar-refractivity contribution in [1.82, 2.24) is 5.32 Å². The molecule has 0 spiro atoms. The van der Waals surface area contributed by atoms with Crippen LogP contribution in [0.5, 0.6) is 0 Å². The largest absolute Gasteiger partial charge is 0.387 e. The zero-order valence-electron chi connectivity index (χ0n) is 12.9. The molecule has 2 rings (SSSR count). The van der Waals surface area contributed by atoms with E-state index >= 15 is 0 Å². The fraction of sp³-hybridized carbons (Fsp3) is 0.278. The molecule has 4 heteroatoms. The number of aryl methyl sites for hydroxylation is 1. The van der Waals surface area contributed by atoms with Gasteiger partial charge in [0.15, 0.2) is 0 Å². The molecule has 1 unspecified atom stereocenters. The Kier molecular flexibility index (Phi) is 5.69. The van der Waals surface area contributed by atoms with Gasteiger partial charge in [-0.3, -0.25) is 4.79 Å². The summed E-state index contributed by atoms with van der Waals surface area (Å²) < 4.78 is 5.03. The number of methoxy groups -OCH3 is 1. The number of carbonyl (C=O) groups excluding carboxylic acids is 1. The van der Waals surface area contributed by atoms with Gasteiger partial charge in [0.1, 0.15) is 0 Å². The van der Waals surface area contributed by atoms with E-state index in [-0.39, 0.29) is 12.5 Å². The molecule has 1 atom stereocenters. The van der Waals surface area contributed by atoms with Gasteiger partial charge in [0.25, 0.3) is 5.91 Å². The first kappa shape index (κ1) is 16.2. The van der Waals surface area contributed by atoms with Crippen LogP contribution >= 0.6 is 0 Å². The van der Waals surface area contributed by atoms with E-state index in [1.807, 2.05) is 43.3 Å². The number of aliphatic hydroxyl groups excluding tert-OH is 1. The highest BCUT2D eigenvalue weighted by Gasteiger charge is 2.12. The summed E-state index contributed by atoms with van der Waals surface area (Å²) in [4.78, 5) is 12.1. The van der Waals surface area contributed by atoms with Crippen molar-refractivity contribution in [3.63, 3.8) is 0 Å². The Hall–Kier alpha value is -2.17. The van der Waals surface area contributed by atoms with Crippen LogP contribution in [-0.2, 0) is 11.3 Å². The summed E-state index contributed by atoms with van der Waals surface area (Å²) in [5.74, 6) is -0.198. The summed E-state index contributed by atoms with van der Waals surface area (Å²) in [5.41, 5.74) is 3.42. The van der Waals surface area contributed by atoms with Crippen molar-refractivity contribution in [2.24, 2.45) is 0 Å². The topological polar surface area (TPSA) is 58.6 Å². The molecule has 0 radical (unpaired) electrons. The maximum absolute atomic E-state index is 12.1. The van der Waals surface area contributed by atoms with Crippen molar-refractivity contribution in [2.75, 3.05) is 13.7 Å². The van der Waals surface area contributed by atoms with Crippen LogP contribution in [0.3, 0.4) is 0 Å². The van der Waals surface area contributed by atoms with Crippen LogP contribution in [0.1, 0.15) is 33.2 Å². The predicted octanol–water partition coefficient (Wildman–Crippen LogP) is 2.60. The molecule has 0 saturated carbocycles. The number of hydrogen-bond acceptors (Lipinski definition) is 3. The molecule has 0 aliphatic rings. The first-order valence-corrected chi connectivity index (χ1v) is 7.21. The van der Waals surface area contributed by atoms with Crippen molar-refractivity contribution in [1.29, 1.82) is 0 Å². The fourth-order valence-electron chi connectivity index (χ4n) is 2.28. The minimum absolute atomic E-state index is 0.184. The highest BCUT2D eigenvalue weighted by atomic mass is 16.5. The Bertz CT molecular complexity index is 622. The van der Waals surface area contributed by atoms with Crippen LogP contribution in [0.15, 0.2) is 48.5 Å². The van der Waals surface area contributed by atoms with Gasteiger partial charge in [-0.25, -0.2) is 0 Å². The summed E-state index contributed by atoms with van der Waals surface area (Å²) in [6, 6.07) is 14.8. The van der Waals surface area contributed by atoms with Gasteiger partial charge in [-0.1, -0.05) is 36.4 Å². The third kappa shape index (κ3) is 4.16. The third-order valence-corrected chi connectivity index (χ3v) is 3.53. The van der Waals surface area contributed by atoms with E-state index in [2.05, 4.69) is 5.32 Å².